The third-order valence-corrected chi connectivity index (χ3v) is 4.26. The molecule has 4 aromatic rings. The van der Waals surface area contributed by atoms with E-state index in [-0.39, 0.29) is 0 Å². The Morgan fingerprint density at radius 3 is 2.55 bits per heavy atom. The number of benzene rings is 3. The lowest BCUT2D eigenvalue weighted by molar-refractivity contribution is -0.473. The van der Waals surface area contributed by atoms with Gasteiger partial charge < -0.3 is 4.98 Å². The SMILES string of the molecule is c1ccc2c(c1)[NH2+]c1ccc3c([nH]c4ccccc43)c1-2. The number of fused-ring (bicyclic) bond motifs is 7. The van der Waals surface area contributed by atoms with Crippen molar-refractivity contribution >= 4 is 33.2 Å². The number of H-pyrrole nitrogens is 1. The predicted molar refractivity (Wildman–Crippen MR) is 82.5 cm³/mol. The lowest BCUT2D eigenvalue weighted by Gasteiger charge is -1.98. The fourth-order valence-corrected chi connectivity index (χ4v) is 3.36. The minimum absolute atomic E-state index is 1.21. The first kappa shape index (κ1) is 10.2. The first-order chi connectivity index (χ1) is 9.92. The fraction of sp³-hybridized carbons (Fsp3) is 0. The maximum absolute atomic E-state index is 3.60. The van der Waals surface area contributed by atoms with E-state index in [1.165, 1.54) is 44.3 Å². The van der Waals surface area contributed by atoms with Gasteiger partial charge in [0, 0.05) is 28.4 Å². The third kappa shape index (κ3) is 1.17. The van der Waals surface area contributed by atoms with Crippen molar-refractivity contribution < 1.29 is 5.32 Å². The highest BCUT2D eigenvalue weighted by molar-refractivity contribution is 6.14. The standard InChI is InChI=1S/C18H12N2/c1-3-7-14-11(5-1)12-9-10-16-17(18(12)20-14)13-6-2-4-8-15(13)19-16/h1-10,19-20H/p+1. The van der Waals surface area contributed by atoms with Crippen LogP contribution in [0, 0.1) is 0 Å². The van der Waals surface area contributed by atoms with E-state index in [9.17, 15) is 0 Å². The zero-order valence-electron chi connectivity index (χ0n) is 10.9. The summed E-state index contributed by atoms with van der Waals surface area (Å²) in [5, 5.41) is 4.88. The van der Waals surface area contributed by atoms with Crippen molar-refractivity contribution in [3.8, 4) is 11.1 Å². The van der Waals surface area contributed by atoms with E-state index in [1.54, 1.807) is 0 Å². The molecular formula is C18H13N2+. The molecular weight excluding hydrogens is 244 g/mol. The average Bonchev–Trinajstić information content (AvgIpc) is 3.04. The number of aromatic nitrogens is 1. The summed E-state index contributed by atoms with van der Waals surface area (Å²) in [6.45, 7) is 0. The molecule has 1 aliphatic rings. The van der Waals surface area contributed by atoms with E-state index in [4.69, 9.17) is 0 Å². The molecule has 2 heterocycles. The van der Waals surface area contributed by atoms with Gasteiger partial charge in [0.1, 0.15) is 11.4 Å². The summed E-state index contributed by atoms with van der Waals surface area (Å²) >= 11 is 0. The third-order valence-electron chi connectivity index (χ3n) is 4.26. The first-order valence-electron chi connectivity index (χ1n) is 6.89. The average molecular weight is 257 g/mol. The van der Waals surface area contributed by atoms with Crippen LogP contribution in [0.15, 0.2) is 60.7 Å². The van der Waals surface area contributed by atoms with Crippen molar-refractivity contribution in [3.05, 3.63) is 60.7 Å². The summed E-state index contributed by atoms with van der Waals surface area (Å²) in [5.74, 6) is 0. The van der Waals surface area contributed by atoms with Gasteiger partial charge in [0.05, 0.1) is 16.6 Å². The molecule has 1 aromatic heterocycles. The lowest BCUT2D eigenvalue weighted by Crippen LogP contribution is -2.69. The van der Waals surface area contributed by atoms with Gasteiger partial charge in [-0.25, -0.2) is 0 Å². The molecule has 0 unspecified atom stereocenters. The Kier molecular flexibility index (Phi) is 1.79. The minimum atomic E-state index is 1.21. The first-order valence-corrected chi connectivity index (χ1v) is 6.89. The van der Waals surface area contributed by atoms with Crippen LogP contribution in [0.2, 0.25) is 0 Å². The van der Waals surface area contributed by atoms with Crippen LogP contribution in [-0.2, 0) is 0 Å². The van der Waals surface area contributed by atoms with Crippen LogP contribution in [0.1, 0.15) is 0 Å². The van der Waals surface area contributed by atoms with E-state index in [0.717, 1.165) is 0 Å². The molecule has 0 aliphatic carbocycles. The van der Waals surface area contributed by atoms with Crippen molar-refractivity contribution in [2.75, 3.05) is 0 Å². The molecule has 20 heavy (non-hydrogen) atoms. The van der Waals surface area contributed by atoms with E-state index >= 15 is 0 Å². The Morgan fingerprint density at radius 1 is 0.700 bits per heavy atom. The molecule has 0 saturated carbocycles. The van der Waals surface area contributed by atoms with Crippen LogP contribution < -0.4 is 5.32 Å². The van der Waals surface area contributed by atoms with Crippen molar-refractivity contribution in [3.63, 3.8) is 0 Å². The van der Waals surface area contributed by atoms with E-state index in [0.29, 0.717) is 0 Å². The summed E-state index contributed by atoms with van der Waals surface area (Å²) in [4.78, 5) is 3.60. The largest absolute Gasteiger partial charge is 0.354 e. The highest BCUT2D eigenvalue weighted by Gasteiger charge is 2.26. The van der Waals surface area contributed by atoms with Crippen LogP contribution in [0.25, 0.3) is 32.9 Å². The minimum Gasteiger partial charge on any atom is -0.354 e. The Morgan fingerprint density at radius 2 is 1.55 bits per heavy atom. The zero-order valence-corrected chi connectivity index (χ0v) is 10.9. The van der Waals surface area contributed by atoms with Crippen molar-refractivity contribution in [1.29, 1.82) is 0 Å². The van der Waals surface area contributed by atoms with E-state index in [2.05, 4.69) is 71.0 Å². The second kappa shape index (κ2) is 3.50. The van der Waals surface area contributed by atoms with E-state index < -0.39 is 0 Å². The number of quaternary nitrogens is 1. The Balaban J connectivity index is 1.99. The number of para-hydroxylation sites is 2. The Labute approximate surface area is 116 Å². The number of rotatable bonds is 0. The molecule has 5 rings (SSSR count). The summed E-state index contributed by atoms with van der Waals surface area (Å²) in [6.07, 6.45) is 0. The highest BCUT2D eigenvalue weighted by atomic mass is 14.9. The number of nitrogens with two attached hydrogens (primary N) is 1. The normalized spacial score (nSPS) is 12.8. The number of nitrogens with one attached hydrogen (secondary N) is 1. The molecule has 1 aliphatic heterocycles. The van der Waals surface area contributed by atoms with Gasteiger partial charge in [-0.05, 0) is 18.2 Å². The van der Waals surface area contributed by atoms with Gasteiger partial charge in [-0.2, -0.15) is 0 Å². The predicted octanol–water partition coefficient (Wildman–Crippen LogP) is 3.83. The maximum Gasteiger partial charge on any atom is 0.144 e. The molecule has 0 fully saturated rings. The monoisotopic (exact) mass is 257 g/mol. The summed E-state index contributed by atoms with van der Waals surface area (Å²) in [6, 6.07) is 21.6. The smallest absolute Gasteiger partial charge is 0.144 e. The highest BCUT2D eigenvalue weighted by Crippen LogP contribution is 2.41. The molecule has 2 nitrogen and oxygen atoms in total. The van der Waals surface area contributed by atoms with Crippen molar-refractivity contribution in [2.24, 2.45) is 0 Å². The van der Waals surface area contributed by atoms with Gasteiger partial charge in [0.25, 0.3) is 0 Å². The van der Waals surface area contributed by atoms with Gasteiger partial charge in [-0.3, -0.25) is 5.32 Å². The molecule has 0 saturated heterocycles. The van der Waals surface area contributed by atoms with Crippen molar-refractivity contribution in [1.82, 2.24) is 4.98 Å². The molecule has 2 heteroatoms. The Bertz CT molecular complexity index is 979. The van der Waals surface area contributed by atoms with E-state index in [1.807, 2.05) is 0 Å². The van der Waals surface area contributed by atoms with Gasteiger partial charge in [-0.15, -0.1) is 0 Å². The number of aromatic amines is 1. The second-order valence-electron chi connectivity index (χ2n) is 5.35. The zero-order chi connectivity index (χ0) is 13.1. The lowest BCUT2D eigenvalue weighted by atomic mass is 10.0. The molecule has 94 valence electrons. The van der Waals surface area contributed by atoms with Crippen LogP contribution in [0.3, 0.4) is 0 Å². The molecule has 3 N–H and O–H groups in total. The van der Waals surface area contributed by atoms with Gasteiger partial charge in [-0.1, -0.05) is 30.3 Å². The van der Waals surface area contributed by atoms with Gasteiger partial charge in [0.2, 0.25) is 0 Å². The van der Waals surface area contributed by atoms with Gasteiger partial charge in [0.15, 0.2) is 0 Å². The number of hydrogen-bond donors (Lipinski definition) is 2. The Hall–Kier alpha value is -2.58. The molecule has 0 radical (unpaired) electrons. The number of hydrogen-bond acceptors (Lipinski definition) is 0. The molecule has 0 atom stereocenters. The van der Waals surface area contributed by atoms with Crippen LogP contribution in [-0.4, -0.2) is 4.98 Å². The summed E-state index contributed by atoms with van der Waals surface area (Å²) in [7, 11) is 0. The van der Waals surface area contributed by atoms with Crippen LogP contribution in [0.5, 0.6) is 0 Å². The van der Waals surface area contributed by atoms with Crippen molar-refractivity contribution in [2.45, 2.75) is 0 Å². The fourth-order valence-electron chi connectivity index (χ4n) is 3.36. The molecule has 0 bridgehead atoms. The molecule has 0 spiro atoms. The quantitative estimate of drug-likeness (QED) is 0.395. The van der Waals surface area contributed by atoms with Crippen LogP contribution >= 0.6 is 0 Å². The molecule has 0 amide bonds. The van der Waals surface area contributed by atoms with Gasteiger partial charge >= 0.3 is 0 Å². The van der Waals surface area contributed by atoms with Crippen LogP contribution in [0.4, 0.5) is 11.4 Å². The summed E-state index contributed by atoms with van der Waals surface area (Å²) in [5.41, 5.74) is 7.76. The topological polar surface area (TPSA) is 32.4 Å². The maximum atomic E-state index is 3.60. The molecule has 3 aromatic carbocycles. The summed E-state index contributed by atoms with van der Waals surface area (Å²) < 4.78 is 0. The second-order valence-corrected chi connectivity index (χ2v) is 5.35.